The van der Waals surface area contributed by atoms with Crippen molar-refractivity contribution in [3.05, 3.63) is 23.9 Å². The summed E-state index contributed by atoms with van der Waals surface area (Å²) in [7, 11) is 2.19. The standard InChI is InChI=1S/C12H22N4/c1-16-6-4-11(5-7-16)15-12-3-2-10(8-13)9-14-12/h2-3,9,11-12,14-15H,4-8,13H2,1H3. The molecule has 0 saturated carbocycles. The van der Waals surface area contributed by atoms with E-state index in [9.17, 15) is 0 Å². The molecule has 1 atom stereocenters. The van der Waals surface area contributed by atoms with Crippen LogP contribution in [0.4, 0.5) is 0 Å². The Morgan fingerprint density at radius 2 is 2.25 bits per heavy atom. The minimum Gasteiger partial charge on any atom is -0.372 e. The van der Waals surface area contributed by atoms with E-state index in [0.29, 0.717) is 12.6 Å². The maximum absolute atomic E-state index is 5.56. The van der Waals surface area contributed by atoms with E-state index in [4.69, 9.17) is 5.73 Å². The van der Waals surface area contributed by atoms with E-state index in [0.717, 1.165) is 5.57 Å². The van der Waals surface area contributed by atoms with Crippen LogP contribution in [0.5, 0.6) is 0 Å². The van der Waals surface area contributed by atoms with E-state index in [1.807, 2.05) is 6.20 Å². The first-order valence-electron chi connectivity index (χ1n) is 6.06. The van der Waals surface area contributed by atoms with Crippen molar-refractivity contribution in [1.29, 1.82) is 0 Å². The molecule has 0 bridgehead atoms. The van der Waals surface area contributed by atoms with Crippen LogP contribution >= 0.6 is 0 Å². The molecule has 2 aliphatic heterocycles. The van der Waals surface area contributed by atoms with Gasteiger partial charge in [0.05, 0.1) is 6.17 Å². The minimum absolute atomic E-state index is 0.267. The highest BCUT2D eigenvalue weighted by atomic mass is 15.2. The maximum Gasteiger partial charge on any atom is 0.0961 e. The zero-order valence-electron chi connectivity index (χ0n) is 9.95. The molecular formula is C12H22N4. The molecule has 4 heteroatoms. The highest BCUT2D eigenvalue weighted by Gasteiger charge is 2.18. The molecule has 0 aromatic heterocycles. The molecule has 0 aliphatic carbocycles. The van der Waals surface area contributed by atoms with Gasteiger partial charge in [-0.3, -0.25) is 5.32 Å². The first kappa shape index (κ1) is 11.6. The Morgan fingerprint density at radius 1 is 1.50 bits per heavy atom. The van der Waals surface area contributed by atoms with Crippen molar-refractivity contribution in [3.63, 3.8) is 0 Å². The van der Waals surface area contributed by atoms with Gasteiger partial charge >= 0.3 is 0 Å². The second-order valence-electron chi connectivity index (χ2n) is 4.67. The minimum atomic E-state index is 0.267. The molecule has 0 aromatic carbocycles. The van der Waals surface area contributed by atoms with Gasteiger partial charge in [0.15, 0.2) is 0 Å². The van der Waals surface area contributed by atoms with Crippen molar-refractivity contribution in [1.82, 2.24) is 15.5 Å². The Morgan fingerprint density at radius 3 is 2.81 bits per heavy atom. The van der Waals surface area contributed by atoms with Crippen LogP contribution in [0.15, 0.2) is 23.9 Å². The highest BCUT2D eigenvalue weighted by Crippen LogP contribution is 2.10. The van der Waals surface area contributed by atoms with Crippen molar-refractivity contribution >= 4 is 0 Å². The van der Waals surface area contributed by atoms with Crippen molar-refractivity contribution < 1.29 is 0 Å². The van der Waals surface area contributed by atoms with Crippen molar-refractivity contribution in [2.75, 3.05) is 26.7 Å². The Bertz CT molecular complexity index is 277. The lowest BCUT2D eigenvalue weighted by molar-refractivity contribution is 0.226. The maximum atomic E-state index is 5.56. The first-order valence-corrected chi connectivity index (χ1v) is 6.06. The van der Waals surface area contributed by atoms with Crippen LogP contribution in [-0.2, 0) is 0 Å². The average molecular weight is 222 g/mol. The van der Waals surface area contributed by atoms with Gasteiger partial charge in [-0.25, -0.2) is 0 Å². The first-order chi connectivity index (χ1) is 7.78. The third-order valence-electron chi connectivity index (χ3n) is 3.32. The zero-order chi connectivity index (χ0) is 11.4. The Kier molecular flexibility index (Phi) is 3.98. The third kappa shape index (κ3) is 3.07. The van der Waals surface area contributed by atoms with Crippen LogP contribution in [0.2, 0.25) is 0 Å². The van der Waals surface area contributed by atoms with Crippen LogP contribution in [0.3, 0.4) is 0 Å². The van der Waals surface area contributed by atoms with E-state index in [2.05, 4.69) is 34.7 Å². The van der Waals surface area contributed by atoms with Crippen LogP contribution in [0.25, 0.3) is 0 Å². The normalized spacial score (nSPS) is 27.6. The SMILES string of the molecule is CN1CCC(NC2C=CC(CN)=CN2)CC1. The molecule has 2 aliphatic rings. The molecule has 2 rings (SSSR count). The number of likely N-dealkylation sites (tertiary alicyclic amines) is 1. The van der Waals surface area contributed by atoms with Gasteiger partial charge in [-0.2, -0.15) is 0 Å². The van der Waals surface area contributed by atoms with E-state index in [1.54, 1.807) is 0 Å². The lowest BCUT2D eigenvalue weighted by atomic mass is 10.0. The summed E-state index contributed by atoms with van der Waals surface area (Å²) in [6, 6.07) is 0.631. The van der Waals surface area contributed by atoms with Gasteiger partial charge in [0, 0.05) is 18.8 Å². The van der Waals surface area contributed by atoms with E-state index in [1.165, 1.54) is 25.9 Å². The Labute approximate surface area is 97.6 Å². The second kappa shape index (κ2) is 5.48. The van der Waals surface area contributed by atoms with Crippen LogP contribution in [0, 0.1) is 0 Å². The molecule has 1 saturated heterocycles. The summed E-state index contributed by atoms with van der Waals surface area (Å²) in [5.41, 5.74) is 6.72. The fourth-order valence-electron chi connectivity index (χ4n) is 2.18. The predicted octanol–water partition coefficient (Wildman–Crippen LogP) is -0.00170. The zero-order valence-corrected chi connectivity index (χ0v) is 9.95. The molecule has 0 aromatic rings. The van der Waals surface area contributed by atoms with E-state index >= 15 is 0 Å². The topological polar surface area (TPSA) is 53.3 Å². The van der Waals surface area contributed by atoms with Gasteiger partial charge in [-0.05, 0) is 44.6 Å². The monoisotopic (exact) mass is 222 g/mol. The molecule has 90 valence electrons. The lowest BCUT2D eigenvalue weighted by Gasteiger charge is -2.32. The van der Waals surface area contributed by atoms with Crippen LogP contribution in [-0.4, -0.2) is 43.8 Å². The van der Waals surface area contributed by atoms with Gasteiger partial charge in [0.25, 0.3) is 0 Å². The summed E-state index contributed by atoms with van der Waals surface area (Å²) in [5.74, 6) is 0. The van der Waals surface area contributed by atoms with Gasteiger partial charge in [-0.1, -0.05) is 6.08 Å². The number of nitrogens with two attached hydrogens (primary N) is 1. The summed E-state index contributed by atoms with van der Waals surface area (Å²) >= 11 is 0. The van der Waals surface area contributed by atoms with Gasteiger partial charge in [-0.15, -0.1) is 0 Å². The van der Waals surface area contributed by atoms with Gasteiger partial charge in [0.2, 0.25) is 0 Å². The number of nitrogens with zero attached hydrogens (tertiary/aromatic N) is 1. The molecule has 4 N–H and O–H groups in total. The summed E-state index contributed by atoms with van der Waals surface area (Å²) in [6.45, 7) is 2.99. The van der Waals surface area contributed by atoms with E-state index in [-0.39, 0.29) is 6.17 Å². The largest absolute Gasteiger partial charge is 0.372 e. The quantitative estimate of drug-likeness (QED) is 0.629. The van der Waals surface area contributed by atoms with Crippen LogP contribution < -0.4 is 16.4 Å². The number of dihydropyridines is 1. The summed E-state index contributed by atoms with van der Waals surface area (Å²) in [5, 5.41) is 6.94. The smallest absolute Gasteiger partial charge is 0.0961 e. The van der Waals surface area contributed by atoms with Crippen molar-refractivity contribution in [3.8, 4) is 0 Å². The Hall–Kier alpha value is -0.840. The number of rotatable bonds is 3. The van der Waals surface area contributed by atoms with Crippen LogP contribution in [0.1, 0.15) is 12.8 Å². The fraction of sp³-hybridized carbons (Fsp3) is 0.667. The number of hydrogen-bond donors (Lipinski definition) is 3. The average Bonchev–Trinajstić information content (AvgIpc) is 2.33. The molecule has 0 spiro atoms. The second-order valence-corrected chi connectivity index (χ2v) is 4.67. The summed E-state index contributed by atoms with van der Waals surface area (Å²) in [4.78, 5) is 2.38. The predicted molar refractivity (Wildman–Crippen MR) is 66.9 cm³/mol. The van der Waals surface area contributed by atoms with Crippen molar-refractivity contribution in [2.24, 2.45) is 5.73 Å². The molecule has 1 fully saturated rings. The molecule has 0 amide bonds. The molecule has 1 unspecified atom stereocenters. The number of nitrogens with one attached hydrogen (secondary N) is 2. The highest BCUT2D eigenvalue weighted by molar-refractivity contribution is 5.24. The van der Waals surface area contributed by atoms with E-state index < -0.39 is 0 Å². The van der Waals surface area contributed by atoms with Gasteiger partial charge in [0.1, 0.15) is 0 Å². The summed E-state index contributed by atoms with van der Waals surface area (Å²) in [6.07, 6.45) is 8.99. The third-order valence-corrected chi connectivity index (χ3v) is 3.32. The number of piperidine rings is 1. The fourth-order valence-corrected chi connectivity index (χ4v) is 2.18. The summed E-state index contributed by atoms with van der Waals surface area (Å²) < 4.78 is 0. The molecule has 2 heterocycles. The molecule has 4 nitrogen and oxygen atoms in total. The van der Waals surface area contributed by atoms with Gasteiger partial charge < -0.3 is 16.0 Å². The molecular weight excluding hydrogens is 200 g/mol. The number of hydrogen-bond acceptors (Lipinski definition) is 4. The Balaban J connectivity index is 1.75. The molecule has 16 heavy (non-hydrogen) atoms. The molecule has 0 radical (unpaired) electrons. The van der Waals surface area contributed by atoms with Crippen molar-refractivity contribution in [2.45, 2.75) is 25.0 Å². The lowest BCUT2D eigenvalue weighted by Crippen LogP contribution is -2.49.